The summed E-state index contributed by atoms with van der Waals surface area (Å²) in [7, 11) is -1.10. The molecule has 0 radical (unpaired) electrons. The lowest BCUT2D eigenvalue weighted by Crippen LogP contribution is -2.28. The predicted octanol–water partition coefficient (Wildman–Crippen LogP) is 4.62. The minimum atomic E-state index is -1.10. The average molecular weight is 457 g/mol. The van der Waals surface area contributed by atoms with E-state index >= 15 is 0 Å². The van der Waals surface area contributed by atoms with Gasteiger partial charge in [0, 0.05) is 45.7 Å². The Morgan fingerprint density at radius 2 is 2.03 bits per heavy atom. The number of nitrogens with zero attached hydrogens (tertiary/aromatic N) is 5. The smallest absolute Gasteiger partial charge is 0.243 e. The van der Waals surface area contributed by atoms with Gasteiger partial charge in [0.2, 0.25) is 5.95 Å². The molecule has 0 amide bonds. The highest BCUT2D eigenvalue weighted by atomic mass is 28.3. The van der Waals surface area contributed by atoms with Crippen LogP contribution in [-0.2, 0) is 16.2 Å². The molecule has 174 valence electrons. The van der Waals surface area contributed by atoms with E-state index in [1.165, 1.54) is 5.69 Å². The van der Waals surface area contributed by atoms with Gasteiger partial charge in [-0.1, -0.05) is 33.5 Å². The van der Waals surface area contributed by atoms with Crippen LogP contribution < -0.4 is 5.32 Å². The van der Waals surface area contributed by atoms with Crippen molar-refractivity contribution in [2.24, 2.45) is 0 Å². The topological polar surface area (TPSA) is 78.5 Å². The van der Waals surface area contributed by atoms with Gasteiger partial charge in [0.15, 0.2) is 5.65 Å². The van der Waals surface area contributed by atoms with E-state index < -0.39 is 8.07 Å². The van der Waals surface area contributed by atoms with E-state index in [-0.39, 0.29) is 0 Å². The first-order valence-electron chi connectivity index (χ1n) is 11.6. The van der Waals surface area contributed by atoms with E-state index in [1.807, 2.05) is 21.6 Å². The zero-order valence-corrected chi connectivity index (χ0v) is 21.0. The van der Waals surface area contributed by atoms with Gasteiger partial charge >= 0.3 is 0 Å². The Hall–Kier alpha value is -2.23. The van der Waals surface area contributed by atoms with Crippen molar-refractivity contribution >= 4 is 19.7 Å². The fourth-order valence-electron chi connectivity index (χ4n) is 3.99. The molecule has 8 nitrogen and oxygen atoms in total. The molecule has 0 saturated carbocycles. The fourth-order valence-corrected chi connectivity index (χ4v) is 4.75. The summed E-state index contributed by atoms with van der Waals surface area (Å²) in [5.41, 5.74) is 4.23. The molecule has 0 bridgehead atoms. The molecule has 3 aromatic heterocycles. The first-order valence-corrected chi connectivity index (χ1v) is 15.4. The Morgan fingerprint density at radius 1 is 1.25 bits per heavy atom. The highest BCUT2D eigenvalue weighted by Gasteiger charge is 2.19. The van der Waals surface area contributed by atoms with Crippen molar-refractivity contribution in [1.29, 1.82) is 0 Å². The second-order valence-corrected chi connectivity index (χ2v) is 15.8. The molecule has 3 aromatic rings. The maximum absolute atomic E-state index is 5.97. The van der Waals surface area contributed by atoms with E-state index in [0.29, 0.717) is 24.6 Å². The molecule has 0 spiro atoms. The third kappa shape index (κ3) is 5.57. The minimum Gasteiger partial charge on any atom is -0.381 e. The molecule has 0 aromatic carbocycles. The SMILES string of the molecule is CC(C)c1c(-c2ccn3nc(NC4CCOCC4)nc3c2)cnn1COCC[Si](C)(C)C. The van der Waals surface area contributed by atoms with Crippen molar-refractivity contribution in [3.63, 3.8) is 0 Å². The lowest BCUT2D eigenvalue weighted by atomic mass is 10.0. The van der Waals surface area contributed by atoms with Crippen LogP contribution in [0.3, 0.4) is 0 Å². The van der Waals surface area contributed by atoms with Crippen molar-refractivity contribution < 1.29 is 9.47 Å². The lowest BCUT2D eigenvalue weighted by molar-refractivity contribution is 0.0760. The van der Waals surface area contributed by atoms with Crippen LogP contribution in [0.15, 0.2) is 24.5 Å². The molecule has 9 heteroatoms. The third-order valence-corrected chi connectivity index (χ3v) is 7.54. The summed E-state index contributed by atoms with van der Waals surface area (Å²) in [5, 5.41) is 12.7. The van der Waals surface area contributed by atoms with Gasteiger partial charge in [0.25, 0.3) is 0 Å². The van der Waals surface area contributed by atoms with Gasteiger partial charge in [0.1, 0.15) is 6.73 Å². The number of aromatic nitrogens is 5. The Labute approximate surface area is 191 Å². The molecule has 32 heavy (non-hydrogen) atoms. The number of hydrogen-bond acceptors (Lipinski definition) is 6. The van der Waals surface area contributed by atoms with Crippen molar-refractivity contribution in [1.82, 2.24) is 24.4 Å². The van der Waals surface area contributed by atoms with E-state index in [0.717, 1.165) is 55.5 Å². The zero-order chi connectivity index (χ0) is 22.7. The third-order valence-electron chi connectivity index (χ3n) is 5.84. The average Bonchev–Trinajstić information content (AvgIpc) is 3.34. The molecule has 1 fully saturated rings. The molecule has 1 aliphatic rings. The predicted molar refractivity (Wildman–Crippen MR) is 130 cm³/mol. The number of fused-ring (bicyclic) bond motifs is 1. The summed E-state index contributed by atoms with van der Waals surface area (Å²) in [5.74, 6) is 0.998. The zero-order valence-electron chi connectivity index (χ0n) is 20.0. The van der Waals surface area contributed by atoms with Gasteiger partial charge in [-0.05, 0) is 42.5 Å². The van der Waals surface area contributed by atoms with Crippen LogP contribution in [0.2, 0.25) is 25.7 Å². The van der Waals surface area contributed by atoms with E-state index in [9.17, 15) is 0 Å². The second-order valence-electron chi connectivity index (χ2n) is 10.1. The van der Waals surface area contributed by atoms with Gasteiger partial charge in [0.05, 0.1) is 11.9 Å². The molecule has 1 aliphatic heterocycles. The van der Waals surface area contributed by atoms with Crippen molar-refractivity contribution in [2.45, 2.75) is 71.1 Å². The van der Waals surface area contributed by atoms with Crippen molar-refractivity contribution in [3.8, 4) is 11.1 Å². The van der Waals surface area contributed by atoms with E-state index in [1.54, 1.807) is 0 Å². The number of ether oxygens (including phenoxy) is 2. The maximum atomic E-state index is 5.97. The molecule has 4 rings (SSSR count). The molecular formula is C23H36N6O2Si. The largest absolute Gasteiger partial charge is 0.381 e. The van der Waals surface area contributed by atoms with Crippen LogP contribution >= 0.6 is 0 Å². The van der Waals surface area contributed by atoms with Gasteiger partial charge in [-0.15, -0.1) is 5.10 Å². The van der Waals surface area contributed by atoms with Gasteiger partial charge in [-0.2, -0.15) is 10.1 Å². The number of hydrogen-bond donors (Lipinski definition) is 1. The Bertz CT molecular complexity index is 1030. The van der Waals surface area contributed by atoms with Crippen LogP contribution in [0.1, 0.15) is 38.3 Å². The number of nitrogens with one attached hydrogen (secondary N) is 1. The van der Waals surface area contributed by atoms with Crippen LogP contribution in [0.5, 0.6) is 0 Å². The van der Waals surface area contributed by atoms with Gasteiger partial charge in [-0.3, -0.25) is 0 Å². The van der Waals surface area contributed by atoms with Crippen LogP contribution in [0.25, 0.3) is 16.8 Å². The molecular weight excluding hydrogens is 420 g/mol. The summed E-state index contributed by atoms with van der Waals surface area (Å²) < 4.78 is 15.2. The molecule has 1 saturated heterocycles. The molecule has 4 heterocycles. The molecule has 1 N–H and O–H groups in total. The highest BCUT2D eigenvalue weighted by Crippen LogP contribution is 2.30. The van der Waals surface area contributed by atoms with Gasteiger partial charge < -0.3 is 14.8 Å². The number of rotatable bonds is 9. The van der Waals surface area contributed by atoms with Crippen LogP contribution in [0.4, 0.5) is 5.95 Å². The first kappa shape index (κ1) is 22.9. The summed E-state index contributed by atoms with van der Waals surface area (Å²) in [4.78, 5) is 4.71. The standard InChI is InChI=1S/C23H36N6O2Si/c1-17(2)22-20(15-24-29(22)16-31-12-13-32(3,4)5)18-6-9-28-21(14-18)26-23(27-28)25-19-7-10-30-11-8-19/h6,9,14-15,17,19H,7-8,10-13,16H2,1-5H3,(H,25,27). The first-order chi connectivity index (χ1) is 15.3. The number of anilines is 1. The molecule has 0 unspecified atom stereocenters. The molecule has 0 atom stereocenters. The quantitative estimate of drug-likeness (QED) is 0.374. The summed E-state index contributed by atoms with van der Waals surface area (Å²) in [6.07, 6.45) is 5.88. The highest BCUT2D eigenvalue weighted by molar-refractivity contribution is 6.76. The second kappa shape index (κ2) is 9.72. The minimum absolute atomic E-state index is 0.327. The van der Waals surface area contributed by atoms with Crippen molar-refractivity contribution in [2.75, 3.05) is 25.1 Å². The number of pyridine rings is 1. The van der Waals surface area contributed by atoms with Gasteiger partial charge in [-0.25, -0.2) is 9.20 Å². The van der Waals surface area contributed by atoms with Crippen molar-refractivity contribution in [3.05, 3.63) is 30.2 Å². The summed E-state index contributed by atoms with van der Waals surface area (Å²) in [6.45, 7) is 14.4. The van der Waals surface area contributed by atoms with E-state index in [4.69, 9.17) is 14.5 Å². The molecule has 0 aliphatic carbocycles. The Balaban J connectivity index is 1.51. The maximum Gasteiger partial charge on any atom is 0.243 e. The Morgan fingerprint density at radius 3 is 2.75 bits per heavy atom. The van der Waals surface area contributed by atoms with E-state index in [2.05, 4.69) is 61.1 Å². The summed E-state index contributed by atoms with van der Waals surface area (Å²) >= 11 is 0. The summed E-state index contributed by atoms with van der Waals surface area (Å²) in [6, 6.07) is 5.69. The Kier molecular flexibility index (Phi) is 6.97. The van der Waals surface area contributed by atoms with Crippen LogP contribution in [-0.4, -0.2) is 58.3 Å². The monoisotopic (exact) mass is 456 g/mol. The lowest BCUT2D eigenvalue weighted by Gasteiger charge is -2.22. The van der Waals surface area contributed by atoms with Crippen LogP contribution in [0, 0.1) is 0 Å². The fraction of sp³-hybridized carbons (Fsp3) is 0.609. The normalized spacial score (nSPS) is 15.7.